The van der Waals surface area contributed by atoms with Crippen LogP contribution < -0.4 is 14.2 Å². The highest BCUT2D eigenvalue weighted by molar-refractivity contribution is 6.21. The van der Waals surface area contributed by atoms with Crippen molar-refractivity contribution in [1.82, 2.24) is 0 Å². The number of rotatable bonds is 10. The molecule has 1 atom stereocenters. The Labute approximate surface area is 133 Å². The van der Waals surface area contributed by atoms with Crippen LogP contribution in [0.25, 0.3) is 0 Å². The predicted molar refractivity (Wildman–Crippen MR) is 88.1 cm³/mol. The number of methoxy groups -OCH3 is 3. The zero-order valence-corrected chi connectivity index (χ0v) is 14.3. The lowest BCUT2D eigenvalue weighted by Gasteiger charge is -2.18. The van der Waals surface area contributed by atoms with Gasteiger partial charge in [0, 0.05) is 5.56 Å². The highest BCUT2D eigenvalue weighted by atomic mass is 35.5. The molecule has 0 bridgehead atoms. The van der Waals surface area contributed by atoms with E-state index < -0.39 is 0 Å². The van der Waals surface area contributed by atoms with Crippen LogP contribution in [0.3, 0.4) is 0 Å². The molecule has 120 valence electrons. The summed E-state index contributed by atoms with van der Waals surface area (Å²) in [5.74, 6) is 1.93. The van der Waals surface area contributed by atoms with Gasteiger partial charge in [0.1, 0.15) is 0 Å². The summed E-state index contributed by atoms with van der Waals surface area (Å²) in [7, 11) is 4.85. The summed E-state index contributed by atoms with van der Waals surface area (Å²) in [6, 6.07) is 3.84. The van der Waals surface area contributed by atoms with Crippen molar-refractivity contribution in [2.24, 2.45) is 0 Å². The maximum absolute atomic E-state index is 6.55. The molecule has 0 spiro atoms. The normalized spacial score (nSPS) is 12.0. The Morgan fingerprint density at radius 1 is 0.905 bits per heavy atom. The van der Waals surface area contributed by atoms with E-state index >= 15 is 0 Å². The number of unbranched alkanes of at least 4 members (excludes halogenated alkanes) is 4. The van der Waals surface area contributed by atoms with Crippen LogP contribution in [0.2, 0.25) is 0 Å². The van der Waals surface area contributed by atoms with Gasteiger partial charge in [-0.15, -0.1) is 11.6 Å². The molecule has 0 amide bonds. The first-order valence-electron chi connectivity index (χ1n) is 7.62. The van der Waals surface area contributed by atoms with E-state index in [9.17, 15) is 0 Å². The van der Waals surface area contributed by atoms with E-state index in [0.717, 1.165) is 18.4 Å². The van der Waals surface area contributed by atoms with Gasteiger partial charge < -0.3 is 14.2 Å². The highest BCUT2D eigenvalue weighted by Gasteiger charge is 2.20. The molecule has 0 heterocycles. The van der Waals surface area contributed by atoms with Gasteiger partial charge in [0.15, 0.2) is 11.5 Å². The molecule has 0 aliphatic rings. The van der Waals surface area contributed by atoms with Crippen molar-refractivity contribution < 1.29 is 14.2 Å². The SMILES string of the molecule is CCCCCCCC(Cl)c1ccc(OC)c(OC)c1OC. The van der Waals surface area contributed by atoms with E-state index in [1.165, 1.54) is 25.7 Å². The summed E-state index contributed by atoms with van der Waals surface area (Å²) in [5.41, 5.74) is 0.965. The van der Waals surface area contributed by atoms with Crippen molar-refractivity contribution in [3.63, 3.8) is 0 Å². The average Bonchev–Trinajstić information content (AvgIpc) is 2.52. The monoisotopic (exact) mass is 314 g/mol. The zero-order valence-electron chi connectivity index (χ0n) is 13.6. The molecule has 1 aromatic carbocycles. The summed E-state index contributed by atoms with van der Waals surface area (Å²) in [6.45, 7) is 2.22. The quantitative estimate of drug-likeness (QED) is 0.430. The molecule has 4 heteroatoms. The van der Waals surface area contributed by atoms with Gasteiger partial charge in [-0.05, 0) is 18.6 Å². The van der Waals surface area contributed by atoms with Crippen molar-refractivity contribution in [2.75, 3.05) is 21.3 Å². The van der Waals surface area contributed by atoms with Crippen molar-refractivity contribution in [1.29, 1.82) is 0 Å². The molecule has 0 radical (unpaired) electrons. The van der Waals surface area contributed by atoms with Crippen LogP contribution in [0.5, 0.6) is 17.2 Å². The number of ether oxygens (including phenoxy) is 3. The fourth-order valence-corrected chi connectivity index (χ4v) is 2.78. The minimum atomic E-state index is -0.0682. The molecule has 0 aliphatic heterocycles. The molecular formula is C17H27ClO3. The van der Waals surface area contributed by atoms with Crippen LogP contribution in [-0.4, -0.2) is 21.3 Å². The third-order valence-corrected chi connectivity index (χ3v) is 4.09. The minimum absolute atomic E-state index is 0.0682. The fraction of sp³-hybridized carbons (Fsp3) is 0.647. The summed E-state index contributed by atoms with van der Waals surface area (Å²) in [5, 5.41) is -0.0682. The topological polar surface area (TPSA) is 27.7 Å². The summed E-state index contributed by atoms with van der Waals surface area (Å²) >= 11 is 6.55. The maximum atomic E-state index is 6.55. The number of alkyl halides is 1. The lowest BCUT2D eigenvalue weighted by atomic mass is 10.0. The molecule has 1 aromatic rings. The van der Waals surface area contributed by atoms with E-state index in [0.29, 0.717) is 17.2 Å². The van der Waals surface area contributed by atoms with E-state index in [4.69, 9.17) is 25.8 Å². The molecule has 1 rings (SSSR count). The Kier molecular flexibility index (Phi) is 8.36. The van der Waals surface area contributed by atoms with Gasteiger partial charge in [0.2, 0.25) is 5.75 Å². The van der Waals surface area contributed by atoms with Crippen molar-refractivity contribution in [3.8, 4) is 17.2 Å². The Morgan fingerprint density at radius 3 is 2.14 bits per heavy atom. The lowest BCUT2D eigenvalue weighted by molar-refractivity contribution is 0.321. The van der Waals surface area contributed by atoms with Gasteiger partial charge in [-0.25, -0.2) is 0 Å². The Hall–Kier alpha value is -1.09. The third kappa shape index (κ3) is 4.99. The maximum Gasteiger partial charge on any atom is 0.203 e. The van der Waals surface area contributed by atoms with Crippen LogP contribution in [0, 0.1) is 0 Å². The zero-order chi connectivity index (χ0) is 15.7. The summed E-state index contributed by atoms with van der Waals surface area (Å²) < 4.78 is 16.2. The molecular weight excluding hydrogens is 288 g/mol. The molecule has 0 aromatic heterocycles. The number of hydrogen-bond donors (Lipinski definition) is 0. The minimum Gasteiger partial charge on any atom is -0.493 e. The molecule has 0 saturated carbocycles. The Morgan fingerprint density at radius 2 is 1.57 bits per heavy atom. The first-order valence-corrected chi connectivity index (χ1v) is 8.06. The van der Waals surface area contributed by atoms with Crippen LogP contribution >= 0.6 is 11.6 Å². The highest BCUT2D eigenvalue weighted by Crippen LogP contribution is 2.44. The number of benzene rings is 1. The summed E-state index contributed by atoms with van der Waals surface area (Å²) in [4.78, 5) is 0. The standard InChI is InChI=1S/C17H27ClO3/c1-5-6-7-8-9-10-14(18)13-11-12-15(19-2)17(21-4)16(13)20-3/h11-12,14H,5-10H2,1-4H3. The largest absolute Gasteiger partial charge is 0.493 e. The van der Waals surface area contributed by atoms with E-state index in [1.54, 1.807) is 21.3 Å². The van der Waals surface area contributed by atoms with Gasteiger partial charge in [-0.1, -0.05) is 39.0 Å². The van der Waals surface area contributed by atoms with Gasteiger partial charge >= 0.3 is 0 Å². The molecule has 0 N–H and O–H groups in total. The first-order chi connectivity index (χ1) is 10.2. The van der Waals surface area contributed by atoms with Gasteiger partial charge in [-0.2, -0.15) is 0 Å². The van der Waals surface area contributed by atoms with Crippen LogP contribution in [0.4, 0.5) is 0 Å². The molecule has 3 nitrogen and oxygen atoms in total. The molecule has 0 aliphatic carbocycles. The second kappa shape index (κ2) is 9.78. The Bertz CT molecular complexity index is 421. The van der Waals surface area contributed by atoms with Crippen LogP contribution in [0.1, 0.15) is 56.4 Å². The first kappa shape index (κ1) is 18.0. The van der Waals surface area contributed by atoms with Crippen molar-refractivity contribution in [2.45, 2.75) is 50.8 Å². The molecule has 1 unspecified atom stereocenters. The third-order valence-electron chi connectivity index (χ3n) is 3.63. The van der Waals surface area contributed by atoms with Crippen LogP contribution in [-0.2, 0) is 0 Å². The Balaban J connectivity index is 2.77. The van der Waals surface area contributed by atoms with Crippen molar-refractivity contribution >= 4 is 11.6 Å². The molecule has 0 fully saturated rings. The number of hydrogen-bond acceptors (Lipinski definition) is 3. The number of halogens is 1. The summed E-state index contributed by atoms with van der Waals surface area (Å²) in [6.07, 6.45) is 7.14. The van der Waals surface area contributed by atoms with Gasteiger partial charge in [0.25, 0.3) is 0 Å². The van der Waals surface area contributed by atoms with E-state index in [-0.39, 0.29) is 5.38 Å². The second-order valence-electron chi connectivity index (χ2n) is 5.09. The average molecular weight is 315 g/mol. The van der Waals surface area contributed by atoms with Crippen LogP contribution in [0.15, 0.2) is 12.1 Å². The van der Waals surface area contributed by atoms with E-state index in [1.807, 2.05) is 12.1 Å². The van der Waals surface area contributed by atoms with Gasteiger partial charge in [0.05, 0.1) is 26.7 Å². The molecule has 21 heavy (non-hydrogen) atoms. The predicted octanol–water partition coefficient (Wildman–Crippen LogP) is 5.35. The second-order valence-corrected chi connectivity index (χ2v) is 5.62. The molecule has 0 saturated heterocycles. The van der Waals surface area contributed by atoms with Gasteiger partial charge in [-0.3, -0.25) is 0 Å². The van der Waals surface area contributed by atoms with E-state index in [2.05, 4.69) is 6.92 Å². The van der Waals surface area contributed by atoms with Crippen molar-refractivity contribution in [3.05, 3.63) is 17.7 Å². The smallest absolute Gasteiger partial charge is 0.203 e. The lowest BCUT2D eigenvalue weighted by Crippen LogP contribution is -2.01. The fourth-order valence-electron chi connectivity index (χ4n) is 2.45.